The number of thioether (sulfide) groups is 1. The topological polar surface area (TPSA) is 12.0 Å². The van der Waals surface area contributed by atoms with Gasteiger partial charge in [-0.2, -0.15) is 11.8 Å². The van der Waals surface area contributed by atoms with Gasteiger partial charge in [0.2, 0.25) is 0 Å². The van der Waals surface area contributed by atoms with Gasteiger partial charge in [-0.15, -0.1) is 0 Å². The number of rotatable bonds is 4. The summed E-state index contributed by atoms with van der Waals surface area (Å²) in [5, 5.41) is 4.96. The van der Waals surface area contributed by atoms with Crippen molar-refractivity contribution in [3.63, 3.8) is 0 Å². The SMILES string of the molecule is CSC1CCCCC1NC1CC(C)CCC1C(C)C. The van der Waals surface area contributed by atoms with Gasteiger partial charge in [0.05, 0.1) is 0 Å². The summed E-state index contributed by atoms with van der Waals surface area (Å²) >= 11 is 2.09. The molecule has 0 saturated heterocycles. The second kappa shape index (κ2) is 7.36. The maximum atomic E-state index is 4.10. The smallest absolute Gasteiger partial charge is 0.0198 e. The average Bonchev–Trinajstić information content (AvgIpc) is 2.39. The van der Waals surface area contributed by atoms with Crippen LogP contribution < -0.4 is 5.32 Å². The molecule has 2 aliphatic rings. The van der Waals surface area contributed by atoms with Crippen molar-refractivity contribution >= 4 is 11.8 Å². The van der Waals surface area contributed by atoms with E-state index >= 15 is 0 Å². The van der Waals surface area contributed by atoms with Gasteiger partial charge in [0.15, 0.2) is 0 Å². The first-order valence-corrected chi connectivity index (χ1v) is 9.69. The highest BCUT2D eigenvalue weighted by Gasteiger charge is 2.34. The predicted octanol–water partition coefficient (Wildman–Crippen LogP) is 4.71. The van der Waals surface area contributed by atoms with E-state index in [1.54, 1.807) is 0 Å². The second-order valence-electron chi connectivity index (χ2n) is 7.26. The van der Waals surface area contributed by atoms with E-state index in [0.29, 0.717) is 0 Å². The van der Waals surface area contributed by atoms with Gasteiger partial charge >= 0.3 is 0 Å². The molecular formula is C17H33NS. The largest absolute Gasteiger partial charge is 0.310 e. The molecule has 0 aromatic rings. The van der Waals surface area contributed by atoms with E-state index in [4.69, 9.17) is 0 Å². The maximum Gasteiger partial charge on any atom is 0.0198 e. The van der Waals surface area contributed by atoms with E-state index in [1.807, 2.05) is 0 Å². The van der Waals surface area contributed by atoms with Crippen LogP contribution in [0, 0.1) is 17.8 Å². The Balaban J connectivity index is 1.97. The Kier molecular flexibility index (Phi) is 6.08. The zero-order chi connectivity index (χ0) is 13.8. The summed E-state index contributed by atoms with van der Waals surface area (Å²) in [7, 11) is 0. The van der Waals surface area contributed by atoms with Crippen LogP contribution in [0.3, 0.4) is 0 Å². The molecule has 0 amide bonds. The maximum absolute atomic E-state index is 4.10. The lowest BCUT2D eigenvalue weighted by atomic mass is 9.73. The van der Waals surface area contributed by atoms with Crippen molar-refractivity contribution in [2.75, 3.05) is 6.26 Å². The van der Waals surface area contributed by atoms with Crippen molar-refractivity contribution in [2.24, 2.45) is 17.8 Å². The molecule has 19 heavy (non-hydrogen) atoms. The van der Waals surface area contributed by atoms with Gasteiger partial charge in [-0.3, -0.25) is 0 Å². The van der Waals surface area contributed by atoms with Crippen LogP contribution in [0.5, 0.6) is 0 Å². The van der Waals surface area contributed by atoms with Crippen LogP contribution in [0.25, 0.3) is 0 Å². The Morgan fingerprint density at radius 2 is 1.74 bits per heavy atom. The van der Waals surface area contributed by atoms with Crippen LogP contribution in [-0.2, 0) is 0 Å². The van der Waals surface area contributed by atoms with E-state index in [2.05, 4.69) is 44.1 Å². The fraction of sp³-hybridized carbons (Fsp3) is 1.00. The molecule has 2 rings (SSSR count). The Labute approximate surface area is 124 Å². The van der Waals surface area contributed by atoms with Gasteiger partial charge in [0.25, 0.3) is 0 Å². The van der Waals surface area contributed by atoms with Crippen molar-refractivity contribution in [3.8, 4) is 0 Å². The molecule has 1 nitrogen and oxygen atoms in total. The molecule has 2 saturated carbocycles. The van der Waals surface area contributed by atoms with E-state index in [0.717, 1.165) is 35.1 Å². The summed E-state index contributed by atoms with van der Waals surface area (Å²) in [6.07, 6.45) is 12.3. The molecule has 2 aliphatic carbocycles. The molecule has 0 aromatic heterocycles. The summed E-state index contributed by atoms with van der Waals surface area (Å²) < 4.78 is 0. The van der Waals surface area contributed by atoms with E-state index < -0.39 is 0 Å². The van der Waals surface area contributed by atoms with Crippen molar-refractivity contribution < 1.29 is 0 Å². The molecule has 0 bridgehead atoms. The first-order chi connectivity index (χ1) is 9.11. The fourth-order valence-corrected chi connectivity index (χ4v) is 5.18. The van der Waals surface area contributed by atoms with Crippen LogP contribution in [0.1, 0.15) is 65.7 Å². The number of hydrogen-bond acceptors (Lipinski definition) is 2. The highest BCUT2D eigenvalue weighted by Crippen LogP contribution is 2.35. The lowest BCUT2D eigenvalue weighted by Gasteiger charge is -2.42. The molecule has 112 valence electrons. The summed E-state index contributed by atoms with van der Waals surface area (Å²) in [6, 6.07) is 1.56. The predicted molar refractivity (Wildman–Crippen MR) is 87.8 cm³/mol. The molecule has 0 radical (unpaired) electrons. The first-order valence-electron chi connectivity index (χ1n) is 8.40. The minimum Gasteiger partial charge on any atom is -0.310 e. The van der Waals surface area contributed by atoms with Gasteiger partial charge in [-0.25, -0.2) is 0 Å². The van der Waals surface area contributed by atoms with E-state index in [1.165, 1.54) is 44.9 Å². The summed E-state index contributed by atoms with van der Waals surface area (Å²) in [5.74, 6) is 2.66. The third-order valence-electron chi connectivity index (χ3n) is 5.46. The molecular weight excluding hydrogens is 250 g/mol. The van der Waals surface area contributed by atoms with Crippen molar-refractivity contribution in [1.82, 2.24) is 5.32 Å². The highest BCUT2D eigenvalue weighted by molar-refractivity contribution is 7.99. The molecule has 5 unspecified atom stereocenters. The molecule has 2 heteroatoms. The quantitative estimate of drug-likeness (QED) is 0.802. The minimum atomic E-state index is 0.778. The average molecular weight is 284 g/mol. The Morgan fingerprint density at radius 3 is 2.42 bits per heavy atom. The van der Waals surface area contributed by atoms with Gasteiger partial charge in [0, 0.05) is 17.3 Å². The molecule has 0 spiro atoms. The lowest BCUT2D eigenvalue weighted by Crippen LogP contribution is -2.51. The van der Waals surface area contributed by atoms with Gasteiger partial charge < -0.3 is 5.32 Å². The second-order valence-corrected chi connectivity index (χ2v) is 8.34. The molecule has 0 aromatic carbocycles. The third-order valence-corrected chi connectivity index (χ3v) is 6.63. The molecule has 1 N–H and O–H groups in total. The van der Waals surface area contributed by atoms with Crippen LogP contribution in [0.15, 0.2) is 0 Å². The summed E-state index contributed by atoms with van der Waals surface area (Å²) in [4.78, 5) is 0. The van der Waals surface area contributed by atoms with Crippen molar-refractivity contribution in [1.29, 1.82) is 0 Å². The van der Waals surface area contributed by atoms with Crippen molar-refractivity contribution in [2.45, 2.75) is 83.1 Å². The van der Waals surface area contributed by atoms with Gasteiger partial charge in [-0.05, 0) is 49.7 Å². The van der Waals surface area contributed by atoms with Crippen LogP contribution in [0.4, 0.5) is 0 Å². The lowest BCUT2D eigenvalue weighted by molar-refractivity contribution is 0.152. The van der Waals surface area contributed by atoms with Gasteiger partial charge in [0.1, 0.15) is 0 Å². The van der Waals surface area contributed by atoms with Crippen LogP contribution in [0.2, 0.25) is 0 Å². The van der Waals surface area contributed by atoms with E-state index in [-0.39, 0.29) is 0 Å². The van der Waals surface area contributed by atoms with Crippen molar-refractivity contribution in [3.05, 3.63) is 0 Å². The number of nitrogens with one attached hydrogen (secondary N) is 1. The summed E-state index contributed by atoms with van der Waals surface area (Å²) in [6.45, 7) is 7.28. The molecule has 0 aliphatic heterocycles. The summed E-state index contributed by atoms with van der Waals surface area (Å²) in [5.41, 5.74) is 0. The van der Waals surface area contributed by atoms with Crippen LogP contribution >= 0.6 is 11.8 Å². The monoisotopic (exact) mass is 283 g/mol. The fourth-order valence-electron chi connectivity index (χ4n) is 4.24. The zero-order valence-electron chi connectivity index (χ0n) is 13.3. The number of hydrogen-bond donors (Lipinski definition) is 1. The normalized spacial score (nSPS) is 40.6. The first kappa shape index (κ1) is 15.7. The van der Waals surface area contributed by atoms with Crippen LogP contribution in [-0.4, -0.2) is 23.6 Å². The zero-order valence-corrected chi connectivity index (χ0v) is 14.1. The molecule has 5 atom stereocenters. The third kappa shape index (κ3) is 4.14. The molecule has 2 fully saturated rings. The minimum absolute atomic E-state index is 0.778. The highest BCUT2D eigenvalue weighted by atomic mass is 32.2. The Bertz CT molecular complexity index is 266. The Hall–Kier alpha value is 0.310. The standard InChI is InChI=1S/C17H33NS/c1-12(2)14-10-9-13(3)11-16(14)18-15-7-5-6-8-17(15)19-4/h12-18H,5-11H2,1-4H3. The molecule has 0 heterocycles. The van der Waals surface area contributed by atoms with E-state index in [9.17, 15) is 0 Å². The Morgan fingerprint density at radius 1 is 1.00 bits per heavy atom. The van der Waals surface area contributed by atoms with Gasteiger partial charge in [-0.1, -0.05) is 40.0 Å².